The van der Waals surface area contributed by atoms with Crippen LogP contribution in [0.5, 0.6) is 0 Å². The third-order valence-corrected chi connectivity index (χ3v) is 11.6. The van der Waals surface area contributed by atoms with Crippen molar-refractivity contribution in [3.05, 3.63) is 36.2 Å². The molecule has 1 atom stereocenters. The van der Waals surface area contributed by atoms with Crippen molar-refractivity contribution in [2.75, 3.05) is 72.4 Å². The first kappa shape index (κ1) is 60.1. The second-order valence-corrected chi connectivity index (χ2v) is 17.7. The number of carbonyl (C=O) groups excluding carboxylic acids is 2. The topological polar surface area (TPSA) is 104 Å². The van der Waals surface area contributed by atoms with Gasteiger partial charge in [0.25, 0.3) is 6.34 Å². The second-order valence-electron chi connectivity index (χ2n) is 17.7. The van der Waals surface area contributed by atoms with Crippen LogP contribution in [0.15, 0.2) is 41.2 Å². The molecule has 11 heteroatoms. The molecule has 1 unspecified atom stereocenters. The SMILES string of the molecule is C=[N+]1C=NC(C(=O)[N+](=C)CCOCCNCCOCC[N+](=C)C(=O)C(COCCCCCCCC/C=C\CCCCCCCC)OCCCCCCCC/C=C\CCCCCCCC)=C1. The predicted octanol–water partition coefficient (Wildman–Crippen LogP) is 11.2. The Bertz CT molecular complexity index is 1340. The zero-order valence-corrected chi connectivity index (χ0v) is 42.0. The van der Waals surface area contributed by atoms with Gasteiger partial charge in [-0.3, -0.25) is 0 Å². The molecule has 65 heavy (non-hydrogen) atoms. The van der Waals surface area contributed by atoms with Crippen LogP contribution in [-0.4, -0.2) is 131 Å². The van der Waals surface area contributed by atoms with Gasteiger partial charge in [-0.2, -0.15) is 9.15 Å². The molecular formula is C54H98N5O6+3. The van der Waals surface area contributed by atoms with Gasteiger partial charge in [0, 0.05) is 26.3 Å². The first-order valence-electron chi connectivity index (χ1n) is 26.3. The molecule has 0 bridgehead atoms. The summed E-state index contributed by atoms with van der Waals surface area (Å²) in [5.74, 6) is -0.428. The van der Waals surface area contributed by atoms with Gasteiger partial charge in [0.05, 0.1) is 26.5 Å². The van der Waals surface area contributed by atoms with Crippen LogP contribution in [0.3, 0.4) is 0 Å². The highest BCUT2D eigenvalue weighted by Crippen LogP contribution is 2.13. The van der Waals surface area contributed by atoms with E-state index in [4.69, 9.17) is 18.9 Å². The molecule has 1 aliphatic heterocycles. The number of amides is 2. The van der Waals surface area contributed by atoms with Crippen molar-refractivity contribution >= 4 is 38.3 Å². The lowest BCUT2D eigenvalue weighted by Gasteiger charge is -2.15. The zero-order valence-electron chi connectivity index (χ0n) is 42.0. The van der Waals surface area contributed by atoms with Crippen molar-refractivity contribution in [2.45, 2.75) is 200 Å². The Labute approximate surface area is 398 Å². The molecule has 1 rings (SSSR count). The van der Waals surface area contributed by atoms with Crippen molar-refractivity contribution in [3.63, 3.8) is 0 Å². The van der Waals surface area contributed by atoms with Gasteiger partial charge in [-0.25, -0.2) is 14.2 Å². The first-order valence-corrected chi connectivity index (χ1v) is 26.3. The molecule has 372 valence electrons. The second kappa shape index (κ2) is 46.2. The molecule has 1 N–H and O–H groups in total. The average molecular weight is 913 g/mol. The van der Waals surface area contributed by atoms with E-state index in [9.17, 15) is 9.59 Å². The van der Waals surface area contributed by atoms with Crippen LogP contribution in [0.4, 0.5) is 0 Å². The summed E-state index contributed by atoms with van der Waals surface area (Å²) >= 11 is 0. The van der Waals surface area contributed by atoms with Crippen LogP contribution in [0.1, 0.15) is 194 Å². The van der Waals surface area contributed by atoms with Crippen LogP contribution < -0.4 is 5.32 Å². The largest absolute Gasteiger partial charge is 0.466 e. The number of nitrogens with one attached hydrogen (secondary N) is 1. The molecule has 0 saturated carbocycles. The lowest BCUT2D eigenvalue weighted by atomic mass is 10.1. The molecule has 0 fully saturated rings. The Morgan fingerprint density at radius 2 is 1.02 bits per heavy atom. The van der Waals surface area contributed by atoms with Crippen molar-refractivity contribution in [2.24, 2.45) is 4.99 Å². The normalized spacial score (nSPS) is 13.1. The number of carbonyl (C=O) groups is 2. The van der Waals surface area contributed by atoms with Gasteiger partial charge in [0.15, 0.2) is 19.3 Å². The van der Waals surface area contributed by atoms with E-state index >= 15 is 0 Å². The number of hydrogen-bond donors (Lipinski definition) is 1. The quantitative estimate of drug-likeness (QED) is 0.0280. The lowest BCUT2D eigenvalue weighted by Crippen LogP contribution is -2.39. The van der Waals surface area contributed by atoms with Crippen LogP contribution in [0.2, 0.25) is 0 Å². The third-order valence-electron chi connectivity index (χ3n) is 11.6. The molecule has 1 heterocycles. The number of unbranched alkanes of at least 4 members (excludes halogenated alkanes) is 24. The van der Waals surface area contributed by atoms with Gasteiger partial charge in [-0.05, 0) is 69.2 Å². The van der Waals surface area contributed by atoms with Crippen LogP contribution in [0, 0.1) is 0 Å². The zero-order chi connectivity index (χ0) is 47.1. The minimum Gasteiger partial charge on any atom is -0.378 e. The first-order chi connectivity index (χ1) is 31.9. The standard InChI is InChI=1S/C54H98N5O6/c1-6-8-10-12-14-16-18-20-22-24-26-28-30-32-34-36-42-64-49-52(65-43-37-35-33-31-29-27-25-23-21-19-17-15-13-11-9-7-2)54(61)59(5)41-47-63-45-39-55-38-44-62-46-40-58(4)53(60)51-48-57(3)50-56-51/h20-23,48,50,52,55H,3-19,24-47,49H2,1-2H3/q+3/b22-20-,23-21-. The van der Waals surface area contributed by atoms with Crippen LogP contribution >= 0.6 is 0 Å². The molecule has 0 aromatic carbocycles. The average Bonchev–Trinajstić information content (AvgIpc) is 3.75. The number of ether oxygens (including phenoxy) is 4. The maximum Gasteiger partial charge on any atom is 0.466 e. The Balaban J connectivity index is 2.26. The van der Waals surface area contributed by atoms with E-state index in [1.54, 1.807) is 6.20 Å². The number of aliphatic imine (C=N–C) groups is 1. The van der Waals surface area contributed by atoms with Crippen LogP contribution in [-0.2, 0) is 28.5 Å². The van der Waals surface area contributed by atoms with E-state index in [1.807, 2.05) is 0 Å². The summed E-state index contributed by atoms with van der Waals surface area (Å²) in [6.45, 7) is 21.2. The predicted molar refractivity (Wildman–Crippen MR) is 272 cm³/mol. The van der Waals surface area contributed by atoms with E-state index in [0.717, 1.165) is 25.7 Å². The molecule has 0 spiro atoms. The van der Waals surface area contributed by atoms with Crippen LogP contribution in [0.25, 0.3) is 0 Å². The molecule has 2 amide bonds. The highest BCUT2D eigenvalue weighted by Gasteiger charge is 2.30. The minimum absolute atomic E-state index is 0.158. The summed E-state index contributed by atoms with van der Waals surface area (Å²) in [5, 5.41) is 3.28. The van der Waals surface area contributed by atoms with Gasteiger partial charge in [-0.15, -0.1) is 0 Å². The van der Waals surface area contributed by atoms with Gasteiger partial charge < -0.3 is 24.3 Å². The Hall–Kier alpha value is -2.96. The fourth-order valence-corrected chi connectivity index (χ4v) is 7.42. The van der Waals surface area contributed by atoms with E-state index in [2.05, 4.69) is 68.6 Å². The fraction of sp³-hybridized carbons (Fsp3) is 0.778. The van der Waals surface area contributed by atoms with E-state index < -0.39 is 6.10 Å². The summed E-state index contributed by atoms with van der Waals surface area (Å²) in [5.41, 5.74) is 0.305. The molecular weight excluding hydrogens is 815 g/mol. The molecule has 0 aromatic heterocycles. The van der Waals surface area contributed by atoms with E-state index in [0.29, 0.717) is 71.5 Å². The summed E-state index contributed by atoms with van der Waals surface area (Å²) in [6.07, 6.45) is 47.3. The number of rotatable bonds is 49. The van der Waals surface area contributed by atoms with Crippen molar-refractivity contribution in [3.8, 4) is 0 Å². The van der Waals surface area contributed by atoms with Crippen molar-refractivity contribution < 1.29 is 42.3 Å². The number of allylic oxidation sites excluding steroid dienone is 4. The van der Waals surface area contributed by atoms with Gasteiger partial charge in [0.1, 0.15) is 26.6 Å². The Morgan fingerprint density at radius 3 is 1.48 bits per heavy atom. The van der Waals surface area contributed by atoms with E-state index in [1.165, 1.54) is 174 Å². The minimum atomic E-state index is -0.660. The smallest absolute Gasteiger partial charge is 0.378 e. The van der Waals surface area contributed by atoms with Gasteiger partial charge >= 0.3 is 17.5 Å². The summed E-state index contributed by atoms with van der Waals surface area (Å²) in [6, 6.07) is 0. The van der Waals surface area contributed by atoms with Crippen molar-refractivity contribution in [1.29, 1.82) is 0 Å². The Morgan fingerprint density at radius 1 is 0.585 bits per heavy atom. The molecule has 1 aliphatic rings. The molecule has 11 nitrogen and oxygen atoms in total. The van der Waals surface area contributed by atoms with Gasteiger partial charge in [0.2, 0.25) is 6.10 Å². The third kappa shape index (κ3) is 37.8. The summed E-state index contributed by atoms with van der Waals surface area (Å²) in [4.78, 5) is 29.7. The number of hydrogen-bond acceptors (Lipinski definition) is 8. The summed E-state index contributed by atoms with van der Waals surface area (Å²) in [7, 11) is 0. The molecule has 0 aliphatic carbocycles. The molecule has 0 radical (unpaired) electrons. The lowest BCUT2D eigenvalue weighted by molar-refractivity contribution is -0.451. The molecule has 0 aromatic rings. The number of nitrogens with zero attached hydrogens (tertiary/aromatic N) is 4. The fourth-order valence-electron chi connectivity index (χ4n) is 7.42. The highest BCUT2D eigenvalue weighted by atomic mass is 16.5. The maximum atomic E-state index is 13.4. The van der Waals surface area contributed by atoms with Crippen molar-refractivity contribution in [1.82, 2.24) is 5.32 Å². The monoisotopic (exact) mass is 913 g/mol. The highest BCUT2D eigenvalue weighted by molar-refractivity contribution is 5.89. The Kier molecular flexibility index (Phi) is 42.7. The maximum absolute atomic E-state index is 13.4. The van der Waals surface area contributed by atoms with Gasteiger partial charge in [-0.1, -0.05) is 154 Å². The molecule has 0 saturated heterocycles. The summed E-state index contributed by atoms with van der Waals surface area (Å²) < 4.78 is 27.9. The van der Waals surface area contributed by atoms with E-state index in [-0.39, 0.29) is 18.4 Å².